The molecular weight excluding hydrogens is 345 g/mol. The first-order chi connectivity index (χ1) is 13.2. The second kappa shape index (κ2) is 9.71. The fourth-order valence-corrected chi connectivity index (χ4v) is 3.58. The quantitative estimate of drug-likeness (QED) is 0.512. The molecule has 0 atom stereocenters. The maximum absolute atomic E-state index is 13.5. The molecule has 0 unspecified atom stereocenters. The number of aliphatic imine (C=N–C) groups is 1. The monoisotopic (exact) mass is 375 g/mol. The molecule has 6 nitrogen and oxygen atoms in total. The van der Waals surface area contributed by atoms with Crippen LogP contribution in [0.3, 0.4) is 0 Å². The summed E-state index contributed by atoms with van der Waals surface area (Å²) in [6.45, 7) is 4.70. The number of fused-ring (bicyclic) bond motifs is 1. The topological polar surface area (TPSA) is 64.7 Å². The van der Waals surface area contributed by atoms with Crippen LogP contribution in [0.15, 0.2) is 29.4 Å². The Morgan fingerprint density at radius 1 is 1.37 bits per heavy atom. The number of piperidine rings is 1. The summed E-state index contributed by atoms with van der Waals surface area (Å²) in [5.41, 5.74) is 2.08. The van der Waals surface area contributed by atoms with E-state index in [9.17, 15) is 4.39 Å². The van der Waals surface area contributed by atoms with Crippen molar-refractivity contribution in [3.8, 4) is 0 Å². The van der Waals surface area contributed by atoms with Gasteiger partial charge in [-0.2, -0.15) is 0 Å². The summed E-state index contributed by atoms with van der Waals surface area (Å²) in [5, 5.41) is 7.85. The number of hydrogen-bond donors (Lipinski definition) is 3. The van der Waals surface area contributed by atoms with Gasteiger partial charge >= 0.3 is 0 Å². The third-order valence-corrected chi connectivity index (χ3v) is 5.18. The van der Waals surface area contributed by atoms with Crippen LogP contribution >= 0.6 is 0 Å². The second-order valence-corrected chi connectivity index (χ2v) is 7.01. The van der Waals surface area contributed by atoms with Crippen LogP contribution in [0.4, 0.5) is 4.39 Å². The van der Waals surface area contributed by atoms with Gasteiger partial charge in [0, 0.05) is 63.5 Å². The van der Waals surface area contributed by atoms with E-state index in [-0.39, 0.29) is 5.82 Å². The lowest BCUT2D eigenvalue weighted by Crippen LogP contribution is -2.49. The Labute approximate surface area is 160 Å². The van der Waals surface area contributed by atoms with Gasteiger partial charge < -0.3 is 25.3 Å². The van der Waals surface area contributed by atoms with Crippen molar-refractivity contribution in [1.29, 1.82) is 0 Å². The predicted molar refractivity (Wildman–Crippen MR) is 108 cm³/mol. The predicted octanol–water partition coefficient (Wildman–Crippen LogP) is 2.13. The fraction of sp³-hybridized carbons (Fsp3) is 0.550. The number of methoxy groups -OCH3 is 1. The highest BCUT2D eigenvalue weighted by atomic mass is 19.1. The van der Waals surface area contributed by atoms with Crippen LogP contribution in [-0.2, 0) is 11.2 Å². The molecule has 0 aliphatic carbocycles. The van der Waals surface area contributed by atoms with Crippen LogP contribution in [0.25, 0.3) is 10.9 Å². The highest BCUT2D eigenvalue weighted by Crippen LogP contribution is 2.19. The van der Waals surface area contributed by atoms with Crippen molar-refractivity contribution in [2.75, 3.05) is 46.9 Å². The van der Waals surface area contributed by atoms with Crippen LogP contribution in [0.1, 0.15) is 18.4 Å². The van der Waals surface area contributed by atoms with E-state index in [4.69, 9.17) is 4.74 Å². The Morgan fingerprint density at radius 3 is 2.93 bits per heavy atom. The first kappa shape index (κ1) is 19.6. The summed E-state index contributed by atoms with van der Waals surface area (Å²) < 4.78 is 18.6. The van der Waals surface area contributed by atoms with Gasteiger partial charge in [-0.1, -0.05) is 0 Å². The number of benzene rings is 1. The molecule has 1 aromatic heterocycles. The molecule has 1 aromatic carbocycles. The van der Waals surface area contributed by atoms with Crippen molar-refractivity contribution in [3.05, 3.63) is 35.8 Å². The number of halogens is 1. The lowest BCUT2D eigenvalue weighted by atomic mass is 10.1. The lowest BCUT2D eigenvalue weighted by Gasteiger charge is -2.32. The lowest BCUT2D eigenvalue weighted by molar-refractivity contribution is 0.128. The van der Waals surface area contributed by atoms with Crippen molar-refractivity contribution >= 4 is 16.9 Å². The number of aromatic amines is 1. The third-order valence-electron chi connectivity index (χ3n) is 5.18. The van der Waals surface area contributed by atoms with Crippen molar-refractivity contribution in [2.45, 2.75) is 25.3 Å². The van der Waals surface area contributed by atoms with E-state index in [0.717, 1.165) is 74.5 Å². The van der Waals surface area contributed by atoms with Crippen LogP contribution < -0.4 is 10.6 Å². The first-order valence-corrected chi connectivity index (χ1v) is 9.63. The zero-order chi connectivity index (χ0) is 19.1. The Hall–Kier alpha value is -2.12. The van der Waals surface area contributed by atoms with Gasteiger partial charge in [-0.25, -0.2) is 4.39 Å². The van der Waals surface area contributed by atoms with Gasteiger partial charge in [0.05, 0.1) is 6.61 Å². The van der Waals surface area contributed by atoms with Gasteiger partial charge in [0.25, 0.3) is 0 Å². The molecule has 7 heteroatoms. The largest absolute Gasteiger partial charge is 0.383 e. The molecule has 0 amide bonds. The van der Waals surface area contributed by atoms with Crippen LogP contribution in [0.5, 0.6) is 0 Å². The zero-order valence-corrected chi connectivity index (χ0v) is 16.2. The molecule has 0 saturated carbocycles. The van der Waals surface area contributed by atoms with E-state index in [1.807, 2.05) is 6.20 Å². The Bertz CT molecular complexity index is 752. The standard InChI is InChI=1S/C20H30FN5O/c1-22-20(25-17-6-9-26(10-7-17)11-12-27-2)23-8-5-15-14-24-19-4-3-16(21)13-18(15)19/h3-4,13-14,17,24H,5-12H2,1-2H3,(H2,22,23,25). The maximum atomic E-state index is 13.5. The first-order valence-electron chi connectivity index (χ1n) is 9.63. The molecule has 1 saturated heterocycles. The Kier molecular flexibility index (Phi) is 7.06. The molecule has 148 valence electrons. The van der Waals surface area contributed by atoms with E-state index >= 15 is 0 Å². The molecule has 1 fully saturated rings. The van der Waals surface area contributed by atoms with E-state index < -0.39 is 0 Å². The van der Waals surface area contributed by atoms with Gasteiger partial charge in [-0.3, -0.25) is 4.99 Å². The molecule has 3 N–H and O–H groups in total. The minimum Gasteiger partial charge on any atom is -0.383 e. The van der Waals surface area contributed by atoms with Crippen LogP contribution in [0, 0.1) is 5.82 Å². The number of H-pyrrole nitrogens is 1. The van der Waals surface area contributed by atoms with Gasteiger partial charge in [-0.15, -0.1) is 0 Å². The maximum Gasteiger partial charge on any atom is 0.191 e. The highest BCUT2D eigenvalue weighted by molar-refractivity contribution is 5.83. The zero-order valence-electron chi connectivity index (χ0n) is 16.2. The summed E-state index contributed by atoms with van der Waals surface area (Å²) in [6.07, 6.45) is 4.97. The van der Waals surface area contributed by atoms with Crippen molar-refractivity contribution in [3.63, 3.8) is 0 Å². The number of ether oxygens (including phenoxy) is 1. The number of nitrogens with one attached hydrogen (secondary N) is 3. The minimum absolute atomic E-state index is 0.203. The number of rotatable bonds is 7. The highest BCUT2D eigenvalue weighted by Gasteiger charge is 2.19. The minimum atomic E-state index is -0.203. The summed E-state index contributed by atoms with van der Waals surface area (Å²) in [6, 6.07) is 5.29. The molecule has 3 rings (SSSR count). The summed E-state index contributed by atoms with van der Waals surface area (Å²) in [7, 11) is 3.54. The molecular formula is C20H30FN5O. The number of aromatic nitrogens is 1. The molecule has 0 bridgehead atoms. The molecule has 1 aliphatic rings. The fourth-order valence-electron chi connectivity index (χ4n) is 3.58. The number of likely N-dealkylation sites (tertiary alicyclic amines) is 1. The average Bonchev–Trinajstić information content (AvgIpc) is 3.08. The second-order valence-electron chi connectivity index (χ2n) is 7.01. The van der Waals surface area contributed by atoms with Gasteiger partial charge in [0.1, 0.15) is 5.82 Å². The molecule has 0 spiro atoms. The van der Waals surface area contributed by atoms with Crippen LogP contribution in [0.2, 0.25) is 0 Å². The Balaban J connectivity index is 1.44. The van der Waals surface area contributed by atoms with Crippen molar-refractivity contribution in [2.24, 2.45) is 4.99 Å². The number of hydrogen-bond acceptors (Lipinski definition) is 3. The SMILES string of the molecule is CN=C(NCCc1c[nH]c2ccc(F)cc12)NC1CCN(CCOC)CC1. The van der Waals surface area contributed by atoms with E-state index in [0.29, 0.717) is 6.04 Å². The smallest absolute Gasteiger partial charge is 0.191 e. The van der Waals surface area contributed by atoms with Gasteiger partial charge in [0.15, 0.2) is 5.96 Å². The average molecular weight is 375 g/mol. The Morgan fingerprint density at radius 2 is 2.19 bits per heavy atom. The normalized spacial score (nSPS) is 16.8. The van der Waals surface area contributed by atoms with Crippen molar-refractivity contribution < 1.29 is 9.13 Å². The molecule has 2 heterocycles. The summed E-state index contributed by atoms with van der Waals surface area (Å²) in [5.74, 6) is 0.627. The van der Waals surface area contributed by atoms with Crippen molar-refractivity contribution in [1.82, 2.24) is 20.5 Å². The molecule has 2 aromatic rings. The van der Waals surface area contributed by atoms with E-state index in [1.165, 1.54) is 6.07 Å². The van der Waals surface area contributed by atoms with Gasteiger partial charge in [0.2, 0.25) is 0 Å². The van der Waals surface area contributed by atoms with E-state index in [2.05, 4.69) is 25.5 Å². The third kappa shape index (κ3) is 5.43. The number of nitrogens with zero attached hydrogens (tertiary/aromatic N) is 2. The number of guanidine groups is 1. The van der Waals surface area contributed by atoms with E-state index in [1.54, 1.807) is 26.3 Å². The molecule has 0 radical (unpaired) electrons. The summed E-state index contributed by atoms with van der Waals surface area (Å²) in [4.78, 5) is 9.98. The summed E-state index contributed by atoms with van der Waals surface area (Å²) >= 11 is 0. The molecule has 1 aliphatic heterocycles. The molecule has 27 heavy (non-hydrogen) atoms. The van der Waals surface area contributed by atoms with Crippen LogP contribution in [-0.4, -0.2) is 68.8 Å². The van der Waals surface area contributed by atoms with Gasteiger partial charge in [-0.05, 0) is 43.0 Å².